The summed E-state index contributed by atoms with van der Waals surface area (Å²) in [6.45, 7) is 12.3. The van der Waals surface area contributed by atoms with Gasteiger partial charge in [-0.15, -0.1) is 0 Å². The lowest BCUT2D eigenvalue weighted by Crippen LogP contribution is -2.13. The van der Waals surface area contributed by atoms with E-state index in [2.05, 4.69) is 61.9 Å². The van der Waals surface area contributed by atoms with Gasteiger partial charge in [0.15, 0.2) is 0 Å². The molecule has 0 unspecified atom stereocenters. The van der Waals surface area contributed by atoms with Crippen molar-refractivity contribution in [1.82, 2.24) is 9.78 Å². The zero-order valence-corrected chi connectivity index (χ0v) is 13.3. The van der Waals surface area contributed by atoms with Gasteiger partial charge in [-0.2, -0.15) is 5.10 Å². The predicted molar refractivity (Wildman–Crippen MR) is 77.8 cm³/mol. The molecule has 0 saturated carbocycles. The Morgan fingerprint density at radius 1 is 1.19 bits per heavy atom. The number of halogens is 1. The molecule has 0 radical (unpaired) electrons. The van der Waals surface area contributed by atoms with Crippen LogP contribution in [0.4, 0.5) is 0 Å². The smallest absolute Gasteiger partial charge is 0.0758 e. The molecule has 3 heteroatoms. The number of rotatable bonds is 4. The summed E-state index contributed by atoms with van der Waals surface area (Å²) in [7, 11) is 0. The van der Waals surface area contributed by atoms with Crippen LogP contribution in [0.1, 0.15) is 52.4 Å². The molecule has 0 aliphatic rings. The average Bonchev–Trinajstić information content (AvgIpc) is 2.50. The van der Waals surface area contributed by atoms with Crippen molar-refractivity contribution in [3.63, 3.8) is 0 Å². The first-order valence-electron chi connectivity index (χ1n) is 6.13. The minimum atomic E-state index is 0.384. The normalized spacial score (nSPS) is 12.1. The predicted octanol–water partition coefficient (Wildman–Crippen LogP) is 4.05. The van der Waals surface area contributed by atoms with E-state index < -0.39 is 0 Å². The van der Waals surface area contributed by atoms with Crippen molar-refractivity contribution in [2.24, 2.45) is 5.41 Å². The molecule has 2 nitrogen and oxygen atoms in total. The highest BCUT2D eigenvalue weighted by Crippen LogP contribution is 2.23. The molecule has 0 saturated heterocycles. The summed E-state index contributed by atoms with van der Waals surface area (Å²) in [6, 6.07) is 0. The Morgan fingerprint density at radius 2 is 1.81 bits per heavy atom. The van der Waals surface area contributed by atoms with E-state index in [4.69, 9.17) is 5.10 Å². The third-order valence-electron chi connectivity index (χ3n) is 2.80. The van der Waals surface area contributed by atoms with E-state index in [1.807, 2.05) is 0 Å². The summed E-state index contributed by atoms with van der Waals surface area (Å²) in [5.74, 6) is 0. The van der Waals surface area contributed by atoms with Crippen LogP contribution in [0.25, 0.3) is 0 Å². The SMILES string of the molecule is CCc1nn(CCC(C)(C)C)c(CC)c1I. The Kier molecular flexibility index (Phi) is 4.83. The topological polar surface area (TPSA) is 17.8 Å². The van der Waals surface area contributed by atoms with Crippen molar-refractivity contribution in [2.75, 3.05) is 0 Å². The monoisotopic (exact) mass is 334 g/mol. The Labute approximate surface area is 113 Å². The van der Waals surface area contributed by atoms with Gasteiger partial charge in [-0.05, 0) is 47.3 Å². The second-order valence-electron chi connectivity index (χ2n) is 5.45. The molecular weight excluding hydrogens is 311 g/mol. The molecule has 1 aromatic heterocycles. The molecule has 0 atom stereocenters. The van der Waals surface area contributed by atoms with Crippen LogP contribution in [0.5, 0.6) is 0 Å². The maximum Gasteiger partial charge on any atom is 0.0758 e. The quantitative estimate of drug-likeness (QED) is 0.760. The van der Waals surface area contributed by atoms with E-state index in [1.54, 1.807) is 0 Å². The third-order valence-corrected chi connectivity index (χ3v) is 4.05. The van der Waals surface area contributed by atoms with Crippen molar-refractivity contribution < 1.29 is 0 Å². The zero-order valence-electron chi connectivity index (χ0n) is 11.1. The Bertz CT molecular complexity index is 348. The summed E-state index contributed by atoms with van der Waals surface area (Å²) >= 11 is 2.44. The van der Waals surface area contributed by atoms with Gasteiger partial charge in [-0.1, -0.05) is 34.6 Å². The first-order chi connectivity index (χ1) is 7.39. The first kappa shape index (κ1) is 14.0. The maximum absolute atomic E-state index is 4.71. The van der Waals surface area contributed by atoms with Crippen molar-refractivity contribution in [3.8, 4) is 0 Å². The van der Waals surface area contributed by atoms with Gasteiger partial charge in [0.25, 0.3) is 0 Å². The minimum Gasteiger partial charge on any atom is -0.268 e. The molecule has 0 bridgehead atoms. The highest BCUT2D eigenvalue weighted by molar-refractivity contribution is 14.1. The van der Waals surface area contributed by atoms with E-state index in [9.17, 15) is 0 Å². The third kappa shape index (κ3) is 3.47. The van der Waals surface area contributed by atoms with Crippen LogP contribution < -0.4 is 0 Å². The first-order valence-corrected chi connectivity index (χ1v) is 7.21. The maximum atomic E-state index is 4.71. The van der Waals surface area contributed by atoms with Gasteiger partial charge >= 0.3 is 0 Å². The molecule has 92 valence electrons. The van der Waals surface area contributed by atoms with Gasteiger partial charge < -0.3 is 0 Å². The van der Waals surface area contributed by atoms with Crippen LogP contribution in [0, 0.1) is 8.99 Å². The Morgan fingerprint density at radius 3 is 2.25 bits per heavy atom. The van der Waals surface area contributed by atoms with E-state index in [0.717, 1.165) is 19.4 Å². The van der Waals surface area contributed by atoms with Crippen molar-refractivity contribution in [1.29, 1.82) is 0 Å². The number of aromatic nitrogens is 2. The molecular formula is C13H23IN2. The molecule has 0 fully saturated rings. The molecule has 1 aromatic rings. The van der Waals surface area contributed by atoms with Gasteiger partial charge in [0, 0.05) is 6.54 Å². The highest BCUT2D eigenvalue weighted by atomic mass is 127. The molecule has 1 rings (SSSR count). The van der Waals surface area contributed by atoms with Gasteiger partial charge in [0.1, 0.15) is 0 Å². The molecule has 0 spiro atoms. The van der Waals surface area contributed by atoms with Crippen LogP contribution in [0.15, 0.2) is 0 Å². The summed E-state index contributed by atoms with van der Waals surface area (Å²) in [4.78, 5) is 0. The van der Waals surface area contributed by atoms with Gasteiger partial charge in [-0.25, -0.2) is 0 Å². The molecule has 0 aliphatic heterocycles. The van der Waals surface area contributed by atoms with Gasteiger partial charge in [0.05, 0.1) is 15.0 Å². The van der Waals surface area contributed by atoms with Gasteiger partial charge in [-0.3, -0.25) is 4.68 Å². The highest BCUT2D eigenvalue weighted by Gasteiger charge is 2.15. The molecule has 1 heterocycles. The largest absolute Gasteiger partial charge is 0.268 e. The van der Waals surface area contributed by atoms with E-state index in [-0.39, 0.29) is 0 Å². The second kappa shape index (κ2) is 5.52. The fourth-order valence-corrected chi connectivity index (χ4v) is 2.87. The summed E-state index contributed by atoms with van der Waals surface area (Å²) in [5, 5.41) is 4.71. The van der Waals surface area contributed by atoms with Crippen LogP contribution in [0.2, 0.25) is 0 Å². The lowest BCUT2D eigenvalue weighted by molar-refractivity contribution is 0.337. The fraction of sp³-hybridized carbons (Fsp3) is 0.769. The van der Waals surface area contributed by atoms with Gasteiger partial charge in [0.2, 0.25) is 0 Å². The molecule has 0 aliphatic carbocycles. The summed E-state index contributed by atoms with van der Waals surface area (Å²) in [5.41, 5.74) is 3.04. The average molecular weight is 334 g/mol. The van der Waals surface area contributed by atoms with Crippen LogP contribution in [-0.2, 0) is 19.4 Å². The van der Waals surface area contributed by atoms with E-state index in [1.165, 1.54) is 21.4 Å². The summed E-state index contributed by atoms with van der Waals surface area (Å²) < 4.78 is 3.59. The van der Waals surface area contributed by atoms with Crippen molar-refractivity contribution >= 4 is 22.6 Å². The number of nitrogens with zero attached hydrogens (tertiary/aromatic N) is 2. The Balaban J connectivity index is 2.87. The standard InChI is InChI=1S/C13H23IN2/c1-6-10-12(14)11(7-2)16(15-10)9-8-13(3,4)5/h6-9H2,1-5H3. The van der Waals surface area contributed by atoms with Crippen LogP contribution in [0.3, 0.4) is 0 Å². The van der Waals surface area contributed by atoms with E-state index >= 15 is 0 Å². The number of aryl methyl sites for hydroxylation is 2. The van der Waals surface area contributed by atoms with Crippen molar-refractivity contribution in [3.05, 3.63) is 15.0 Å². The number of hydrogen-bond donors (Lipinski definition) is 0. The lowest BCUT2D eigenvalue weighted by atomic mass is 9.92. The van der Waals surface area contributed by atoms with Crippen LogP contribution in [-0.4, -0.2) is 9.78 Å². The molecule has 0 aromatic carbocycles. The number of hydrogen-bond acceptors (Lipinski definition) is 1. The second-order valence-corrected chi connectivity index (χ2v) is 6.53. The molecule has 0 amide bonds. The summed E-state index contributed by atoms with van der Waals surface area (Å²) in [6.07, 6.45) is 3.30. The molecule has 0 N–H and O–H groups in total. The van der Waals surface area contributed by atoms with Crippen molar-refractivity contribution in [2.45, 2.75) is 60.4 Å². The molecule has 16 heavy (non-hydrogen) atoms. The lowest BCUT2D eigenvalue weighted by Gasteiger charge is -2.18. The van der Waals surface area contributed by atoms with Crippen LogP contribution >= 0.6 is 22.6 Å². The van der Waals surface area contributed by atoms with E-state index in [0.29, 0.717) is 5.41 Å². The Hall–Kier alpha value is -0.0600. The minimum absolute atomic E-state index is 0.384. The zero-order chi connectivity index (χ0) is 12.3. The fourth-order valence-electron chi connectivity index (χ4n) is 1.72.